The lowest BCUT2D eigenvalue weighted by atomic mass is 10.1. The summed E-state index contributed by atoms with van der Waals surface area (Å²) in [5, 5.41) is 0. The van der Waals surface area contributed by atoms with Crippen molar-refractivity contribution in [3.05, 3.63) is 28.2 Å². The molecule has 0 bridgehead atoms. The number of benzene rings is 1. The maximum Gasteiger partial charge on any atom is 0.392 e. The third-order valence-electron chi connectivity index (χ3n) is 2.12. The molecule has 0 aliphatic heterocycles. The van der Waals surface area contributed by atoms with Gasteiger partial charge in [0.2, 0.25) is 0 Å². The van der Waals surface area contributed by atoms with E-state index in [9.17, 15) is 13.2 Å². The Morgan fingerprint density at radius 1 is 1.41 bits per heavy atom. The van der Waals surface area contributed by atoms with Gasteiger partial charge in [0.05, 0.1) is 17.5 Å². The van der Waals surface area contributed by atoms with Crippen LogP contribution in [0.3, 0.4) is 0 Å². The lowest BCUT2D eigenvalue weighted by molar-refractivity contribution is -0.139. The molecular formula is C11H13BrF3NO. The zero-order valence-corrected chi connectivity index (χ0v) is 10.8. The van der Waals surface area contributed by atoms with Crippen LogP contribution in [0, 0.1) is 0 Å². The van der Waals surface area contributed by atoms with E-state index in [1.165, 1.54) is 0 Å². The Bertz CT molecular complexity index is 379. The van der Waals surface area contributed by atoms with Gasteiger partial charge < -0.3 is 10.5 Å². The molecule has 0 unspecified atom stereocenters. The molecule has 0 radical (unpaired) electrons. The van der Waals surface area contributed by atoms with E-state index >= 15 is 0 Å². The molecule has 96 valence electrons. The third-order valence-corrected chi connectivity index (χ3v) is 2.74. The highest BCUT2D eigenvalue weighted by Gasteiger charge is 2.26. The Morgan fingerprint density at radius 3 is 2.53 bits per heavy atom. The van der Waals surface area contributed by atoms with E-state index in [-0.39, 0.29) is 12.6 Å². The summed E-state index contributed by atoms with van der Waals surface area (Å²) in [6.07, 6.45) is -5.16. The number of alkyl halides is 3. The van der Waals surface area contributed by atoms with Crippen molar-refractivity contribution in [2.45, 2.75) is 25.6 Å². The molecule has 6 heteroatoms. The van der Waals surface area contributed by atoms with Gasteiger partial charge in [-0.25, -0.2) is 0 Å². The Hall–Kier alpha value is -0.750. The second-order valence-corrected chi connectivity index (χ2v) is 4.55. The van der Waals surface area contributed by atoms with Gasteiger partial charge in [-0.15, -0.1) is 0 Å². The average molecular weight is 312 g/mol. The highest BCUT2D eigenvalue weighted by Crippen LogP contribution is 2.28. The van der Waals surface area contributed by atoms with Crippen molar-refractivity contribution in [1.82, 2.24) is 0 Å². The fourth-order valence-electron chi connectivity index (χ4n) is 1.19. The van der Waals surface area contributed by atoms with Gasteiger partial charge in [-0.1, -0.05) is 6.07 Å². The molecule has 0 aliphatic carbocycles. The van der Waals surface area contributed by atoms with Gasteiger partial charge in [0.25, 0.3) is 0 Å². The summed E-state index contributed by atoms with van der Waals surface area (Å²) in [6, 6.07) is 4.96. The fraction of sp³-hybridized carbons (Fsp3) is 0.455. The fourth-order valence-corrected chi connectivity index (χ4v) is 1.71. The van der Waals surface area contributed by atoms with Crippen LogP contribution < -0.4 is 10.5 Å². The quantitative estimate of drug-likeness (QED) is 0.918. The molecule has 0 fully saturated rings. The van der Waals surface area contributed by atoms with Crippen molar-refractivity contribution in [3.8, 4) is 5.75 Å². The first-order valence-corrected chi connectivity index (χ1v) is 5.83. The Labute approximate surface area is 106 Å². The van der Waals surface area contributed by atoms with Crippen molar-refractivity contribution in [3.63, 3.8) is 0 Å². The number of halogens is 4. The molecule has 1 aromatic carbocycles. The number of hydrogen-bond donors (Lipinski definition) is 1. The number of nitrogens with two attached hydrogens (primary N) is 1. The molecule has 0 aromatic heterocycles. The van der Waals surface area contributed by atoms with Crippen LogP contribution in [0.15, 0.2) is 22.7 Å². The lowest BCUT2D eigenvalue weighted by Gasteiger charge is -2.12. The molecule has 17 heavy (non-hydrogen) atoms. The molecular weight excluding hydrogens is 299 g/mol. The SMILES string of the molecule is C[C@@H](N)c1ccc(OCCC(F)(F)F)c(Br)c1. The van der Waals surface area contributed by atoms with Crippen LogP contribution >= 0.6 is 15.9 Å². The summed E-state index contributed by atoms with van der Waals surface area (Å²) < 4.78 is 41.4. The predicted octanol–water partition coefficient (Wildman–Crippen LogP) is 3.80. The second kappa shape index (κ2) is 5.73. The molecule has 2 nitrogen and oxygen atoms in total. The van der Waals surface area contributed by atoms with Crippen molar-refractivity contribution in [1.29, 1.82) is 0 Å². The Kier molecular flexibility index (Phi) is 4.82. The molecule has 0 saturated carbocycles. The normalized spacial score (nSPS) is 13.5. The monoisotopic (exact) mass is 311 g/mol. The number of rotatable bonds is 4. The maximum atomic E-state index is 11.9. The van der Waals surface area contributed by atoms with E-state index in [1.54, 1.807) is 18.2 Å². The van der Waals surface area contributed by atoms with Gasteiger partial charge in [-0.2, -0.15) is 13.2 Å². The average Bonchev–Trinajstić information content (AvgIpc) is 2.18. The van der Waals surface area contributed by atoms with Crippen LogP contribution in [0.2, 0.25) is 0 Å². The van der Waals surface area contributed by atoms with E-state index < -0.39 is 12.6 Å². The first-order chi connectivity index (χ1) is 7.79. The first-order valence-electron chi connectivity index (χ1n) is 5.04. The molecule has 2 N–H and O–H groups in total. The van der Waals surface area contributed by atoms with Gasteiger partial charge in [0.1, 0.15) is 5.75 Å². The molecule has 1 atom stereocenters. The minimum atomic E-state index is -4.20. The van der Waals surface area contributed by atoms with Gasteiger partial charge in [0.15, 0.2) is 0 Å². The molecule has 0 aliphatic rings. The summed E-state index contributed by atoms with van der Waals surface area (Å²) in [5.74, 6) is 0.388. The molecule has 0 amide bonds. The minimum absolute atomic E-state index is 0.129. The number of hydrogen-bond acceptors (Lipinski definition) is 2. The van der Waals surface area contributed by atoms with Gasteiger partial charge in [-0.3, -0.25) is 0 Å². The molecule has 0 heterocycles. The molecule has 1 aromatic rings. The highest BCUT2D eigenvalue weighted by atomic mass is 79.9. The Morgan fingerprint density at radius 2 is 2.06 bits per heavy atom. The summed E-state index contributed by atoms with van der Waals surface area (Å²) >= 11 is 3.23. The summed E-state index contributed by atoms with van der Waals surface area (Å²) in [4.78, 5) is 0. The van der Waals surface area contributed by atoms with E-state index in [2.05, 4.69) is 15.9 Å². The second-order valence-electron chi connectivity index (χ2n) is 3.69. The van der Waals surface area contributed by atoms with E-state index in [4.69, 9.17) is 10.5 Å². The van der Waals surface area contributed by atoms with Crippen molar-refractivity contribution in [2.75, 3.05) is 6.61 Å². The third kappa shape index (κ3) is 4.95. The van der Waals surface area contributed by atoms with Crippen LogP contribution in [-0.4, -0.2) is 12.8 Å². The topological polar surface area (TPSA) is 35.2 Å². The smallest absolute Gasteiger partial charge is 0.392 e. The van der Waals surface area contributed by atoms with Crippen LogP contribution in [-0.2, 0) is 0 Å². The minimum Gasteiger partial charge on any atom is -0.492 e. The maximum absolute atomic E-state index is 11.9. The number of ether oxygens (including phenoxy) is 1. The zero-order valence-electron chi connectivity index (χ0n) is 9.22. The van der Waals surface area contributed by atoms with Gasteiger partial charge in [-0.05, 0) is 40.5 Å². The van der Waals surface area contributed by atoms with Crippen LogP contribution in [0.4, 0.5) is 13.2 Å². The van der Waals surface area contributed by atoms with E-state index in [1.807, 2.05) is 6.92 Å². The van der Waals surface area contributed by atoms with Crippen molar-refractivity contribution >= 4 is 15.9 Å². The van der Waals surface area contributed by atoms with Crippen molar-refractivity contribution < 1.29 is 17.9 Å². The lowest BCUT2D eigenvalue weighted by Crippen LogP contribution is -2.13. The first kappa shape index (κ1) is 14.3. The van der Waals surface area contributed by atoms with E-state index in [0.29, 0.717) is 10.2 Å². The van der Waals surface area contributed by atoms with Crippen LogP contribution in [0.1, 0.15) is 24.9 Å². The van der Waals surface area contributed by atoms with E-state index in [0.717, 1.165) is 5.56 Å². The summed E-state index contributed by atoms with van der Waals surface area (Å²) in [5.41, 5.74) is 6.57. The Balaban J connectivity index is 2.61. The van der Waals surface area contributed by atoms with Crippen LogP contribution in [0.5, 0.6) is 5.75 Å². The molecule has 0 saturated heterocycles. The molecule has 0 spiro atoms. The summed E-state index contributed by atoms with van der Waals surface area (Å²) in [6.45, 7) is 1.44. The van der Waals surface area contributed by atoms with Gasteiger partial charge >= 0.3 is 6.18 Å². The van der Waals surface area contributed by atoms with Crippen molar-refractivity contribution in [2.24, 2.45) is 5.73 Å². The van der Waals surface area contributed by atoms with Crippen LogP contribution in [0.25, 0.3) is 0 Å². The standard InChI is InChI=1S/C11H13BrF3NO/c1-7(16)8-2-3-10(9(12)6-8)17-5-4-11(13,14)15/h2-3,6-7H,4-5,16H2,1H3/t7-/m1/s1. The zero-order chi connectivity index (χ0) is 13.1. The van der Waals surface area contributed by atoms with Gasteiger partial charge in [0, 0.05) is 6.04 Å². The largest absolute Gasteiger partial charge is 0.492 e. The highest BCUT2D eigenvalue weighted by molar-refractivity contribution is 9.10. The molecule has 1 rings (SSSR count). The summed E-state index contributed by atoms with van der Waals surface area (Å²) in [7, 11) is 0. The predicted molar refractivity (Wildman–Crippen MR) is 62.9 cm³/mol.